The summed E-state index contributed by atoms with van der Waals surface area (Å²) in [6.45, 7) is 3.34. The number of amides is 1. The van der Waals surface area contributed by atoms with Crippen molar-refractivity contribution in [3.8, 4) is 0 Å². The van der Waals surface area contributed by atoms with Crippen molar-refractivity contribution in [1.29, 1.82) is 0 Å². The molecule has 98 valence electrons. The Bertz CT molecular complexity index is 415. The van der Waals surface area contributed by atoms with Crippen molar-refractivity contribution in [3.05, 3.63) is 29.6 Å². The molecule has 1 aromatic heterocycles. The quantitative estimate of drug-likeness (QED) is 0.828. The van der Waals surface area contributed by atoms with E-state index in [0.717, 1.165) is 17.9 Å². The zero-order valence-electron chi connectivity index (χ0n) is 11.1. The van der Waals surface area contributed by atoms with E-state index in [1.54, 1.807) is 4.90 Å². The number of hydrogen-bond donors (Lipinski definition) is 1. The molecule has 0 bridgehead atoms. The van der Waals surface area contributed by atoms with Gasteiger partial charge in [-0.25, -0.2) is 0 Å². The Morgan fingerprint density at radius 1 is 1.50 bits per heavy atom. The Balaban J connectivity index is 1.75. The molecular weight excluding hydrogens is 226 g/mol. The van der Waals surface area contributed by atoms with Gasteiger partial charge in [0.05, 0.1) is 12.2 Å². The zero-order chi connectivity index (χ0) is 13.0. The fraction of sp³-hybridized carbons (Fsp3) is 0.571. The highest BCUT2D eigenvalue weighted by Crippen LogP contribution is 2.18. The average Bonchev–Trinajstić information content (AvgIpc) is 3.13. The van der Waals surface area contributed by atoms with Crippen molar-refractivity contribution < 1.29 is 4.79 Å². The van der Waals surface area contributed by atoms with E-state index in [2.05, 4.69) is 10.3 Å². The molecule has 1 fully saturated rings. The van der Waals surface area contributed by atoms with Crippen LogP contribution in [-0.4, -0.2) is 35.4 Å². The van der Waals surface area contributed by atoms with Crippen LogP contribution in [0.5, 0.6) is 0 Å². The second-order valence-electron chi connectivity index (χ2n) is 5.00. The van der Waals surface area contributed by atoms with E-state index >= 15 is 0 Å². The van der Waals surface area contributed by atoms with Gasteiger partial charge >= 0.3 is 0 Å². The molecule has 0 atom stereocenters. The maximum atomic E-state index is 11.9. The lowest BCUT2D eigenvalue weighted by Crippen LogP contribution is -2.30. The predicted molar refractivity (Wildman–Crippen MR) is 71.1 cm³/mol. The lowest BCUT2D eigenvalue weighted by atomic mass is 10.3. The first-order valence-electron chi connectivity index (χ1n) is 6.55. The summed E-state index contributed by atoms with van der Waals surface area (Å²) in [6, 6.07) is 6.57. The highest BCUT2D eigenvalue weighted by atomic mass is 16.2. The maximum Gasteiger partial charge on any atom is 0.223 e. The van der Waals surface area contributed by atoms with Crippen molar-refractivity contribution in [3.63, 3.8) is 0 Å². The third-order valence-corrected chi connectivity index (χ3v) is 3.12. The summed E-state index contributed by atoms with van der Waals surface area (Å²) in [4.78, 5) is 18.0. The van der Waals surface area contributed by atoms with Crippen LogP contribution < -0.4 is 5.32 Å². The molecule has 1 saturated carbocycles. The number of nitrogens with zero attached hydrogens (tertiary/aromatic N) is 2. The smallest absolute Gasteiger partial charge is 0.223 e. The summed E-state index contributed by atoms with van der Waals surface area (Å²) >= 11 is 0. The van der Waals surface area contributed by atoms with Crippen LogP contribution in [0.15, 0.2) is 18.2 Å². The maximum absolute atomic E-state index is 11.9. The van der Waals surface area contributed by atoms with Crippen molar-refractivity contribution >= 4 is 5.91 Å². The highest BCUT2D eigenvalue weighted by molar-refractivity contribution is 5.76. The van der Waals surface area contributed by atoms with Gasteiger partial charge in [-0.15, -0.1) is 0 Å². The Morgan fingerprint density at radius 3 is 2.94 bits per heavy atom. The van der Waals surface area contributed by atoms with Gasteiger partial charge in [0.2, 0.25) is 5.91 Å². The molecule has 4 nitrogen and oxygen atoms in total. The van der Waals surface area contributed by atoms with Gasteiger partial charge < -0.3 is 10.2 Å². The van der Waals surface area contributed by atoms with Gasteiger partial charge in [0, 0.05) is 31.7 Å². The number of rotatable bonds is 6. The molecule has 1 aromatic rings. The first kappa shape index (κ1) is 13.0. The molecule has 2 rings (SSSR count). The molecule has 0 radical (unpaired) electrons. The average molecular weight is 247 g/mol. The van der Waals surface area contributed by atoms with Crippen LogP contribution in [0.2, 0.25) is 0 Å². The van der Waals surface area contributed by atoms with Gasteiger partial charge in [-0.05, 0) is 31.9 Å². The van der Waals surface area contributed by atoms with Crippen LogP contribution in [0.25, 0.3) is 0 Å². The second kappa shape index (κ2) is 5.96. The first-order valence-corrected chi connectivity index (χ1v) is 6.55. The van der Waals surface area contributed by atoms with Crippen molar-refractivity contribution in [2.24, 2.45) is 0 Å². The normalized spacial score (nSPS) is 14.6. The van der Waals surface area contributed by atoms with Crippen molar-refractivity contribution in [2.75, 3.05) is 13.6 Å². The number of hydrogen-bond acceptors (Lipinski definition) is 3. The summed E-state index contributed by atoms with van der Waals surface area (Å²) in [7, 11) is 1.84. The fourth-order valence-corrected chi connectivity index (χ4v) is 1.88. The minimum absolute atomic E-state index is 0.173. The Morgan fingerprint density at radius 2 is 2.28 bits per heavy atom. The Labute approximate surface area is 108 Å². The van der Waals surface area contributed by atoms with E-state index in [1.807, 2.05) is 32.2 Å². The van der Waals surface area contributed by atoms with E-state index in [9.17, 15) is 4.79 Å². The minimum atomic E-state index is 0.173. The van der Waals surface area contributed by atoms with Crippen molar-refractivity contribution in [1.82, 2.24) is 15.2 Å². The Hall–Kier alpha value is -1.42. The van der Waals surface area contributed by atoms with Gasteiger partial charge in [-0.1, -0.05) is 6.07 Å². The summed E-state index contributed by atoms with van der Waals surface area (Å²) < 4.78 is 0. The molecule has 1 aliphatic rings. The molecule has 1 amide bonds. The number of aromatic nitrogens is 1. The van der Waals surface area contributed by atoms with Crippen LogP contribution in [0.3, 0.4) is 0 Å². The van der Waals surface area contributed by atoms with Crippen LogP contribution in [-0.2, 0) is 11.3 Å². The summed E-state index contributed by atoms with van der Waals surface area (Å²) in [5, 5.41) is 3.35. The molecular formula is C14H21N3O. The van der Waals surface area contributed by atoms with Crippen molar-refractivity contribution in [2.45, 2.75) is 38.8 Å². The van der Waals surface area contributed by atoms with Gasteiger partial charge in [-0.3, -0.25) is 9.78 Å². The van der Waals surface area contributed by atoms with Gasteiger partial charge in [0.15, 0.2) is 0 Å². The lowest BCUT2D eigenvalue weighted by molar-refractivity contribution is -0.130. The number of pyridine rings is 1. The molecule has 0 saturated heterocycles. The van der Waals surface area contributed by atoms with E-state index in [1.165, 1.54) is 12.8 Å². The first-order chi connectivity index (χ1) is 8.65. The number of aryl methyl sites for hydroxylation is 1. The van der Waals surface area contributed by atoms with Crippen LogP contribution in [0, 0.1) is 6.92 Å². The highest BCUT2D eigenvalue weighted by Gasteiger charge is 2.20. The second-order valence-corrected chi connectivity index (χ2v) is 5.00. The lowest BCUT2D eigenvalue weighted by Gasteiger charge is -2.17. The molecule has 0 spiro atoms. The predicted octanol–water partition coefficient (Wildman–Crippen LogP) is 1.49. The summed E-state index contributed by atoms with van der Waals surface area (Å²) in [5.74, 6) is 0.173. The summed E-state index contributed by atoms with van der Waals surface area (Å²) in [6.07, 6.45) is 3.09. The Kier molecular flexibility index (Phi) is 4.31. The minimum Gasteiger partial charge on any atom is -0.340 e. The van der Waals surface area contributed by atoms with Gasteiger partial charge in [0.25, 0.3) is 0 Å². The van der Waals surface area contributed by atoms with E-state index in [0.29, 0.717) is 19.0 Å². The van der Waals surface area contributed by atoms with E-state index < -0.39 is 0 Å². The third-order valence-electron chi connectivity index (χ3n) is 3.12. The van der Waals surface area contributed by atoms with E-state index in [4.69, 9.17) is 0 Å². The standard InChI is InChI=1S/C14H21N3O/c1-11-4-3-5-13(16-11)10-17(2)14(18)8-9-15-12-6-7-12/h3-5,12,15H,6-10H2,1-2H3. The largest absolute Gasteiger partial charge is 0.340 e. The third kappa shape index (κ3) is 4.11. The molecule has 0 unspecified atom stereocenters. The number of carbonyl (C=O) groups excluding carboxylic acids is 1. The molecule has 1 N–H and O–H groups in total. The topological polar surface area (TPSA) is 45.2 Å². The van der Waals surface area contributed by atoms with Gasteiger partial charge in [0.1, 0.15) is 0 Å². The van der Waals surface area contributed by atoms with Crippen LogP contribution >= 0.6 is 0 Å². The fourth-order valence-electron chi connectivity index (χ4n) is 1.88. The zero-order valence-corrected chi connectivity index (χ0v) is 11.1. The molecule has 0 aromatic carbocycles. The van der Waals surface area contributed by atoms with Gasteiger partial charge in [-0.2, -0.15) is 0 Å². The molecule has 0 aliphatic heterocycles. The van der Waals surface area contributed by atoms with Crippen LogP contribution in [0.1, 0.15) is 30.7 Å². The molecule has 1 heterocycles. The molecule has 4 heteroatoms. The summed E-state index contributed by atoms with van der Waals surface area (Å²) in [5.41, 5.74) is 1.93. The van der Waals surface area contributed by atoms with E-state index in [-0.39, 0.29) is 5.91 Å². The SMILES string of the molecule is Cc1cccc(CN(C)C(=O)CCNC2CC2)n1. The number of nitrogens with one attached hydrogen (secondary N) is 1. The monoisotopic (exact) mass is 247 g/mol. The van der Waals surface area contributed by atoms with Crippen LogP contribution in [0.4, 0.5) is 0 Å². The molecule has 1 aliphatic carbocycles. The number of carbonyl (C=O) groups is 1. The molecule has 18 heavy (non-hydrogen) atoms.